The van der Waals surface area contributed by atoms with Gasteiger partial charge in [-0.25, -0.2) is 4.68 Å². The van der Waals surface area contributed by atoms with Gasteiger partial charge in [0.25, 0.3) is 0 Å². The molecule has 9 heteroatoms. The van der Waals surface area contributed by atoms with E-state index < -0.39 is 0 Å². The van der Waals surface area contributed by atoms with Gasteiger partial charge in [-0.2, -0.15) is 5.10 Å². The zero-order chi connectivity index (χ0) is 25.4. The molecule has 1 heterocycles. The van der Waals surface area contributed by atoms with Crippen LogP contribution >= 0.6 is 23.2 Å². The molecular formula is C26H29Cl2N3O4. The molecule has 0 aliphatic carbocycles. The van der Waals surface area contributed by atoms with E-state index in [0.717, 1.165) is 11.3 Å². The second-order valence-corrected chi connectivity index (χ2v) is 9.18. The van der Waals surface area contributed by atoms with Crippen LogP contribution in [-0.2, 0) is 11.9 Å². The van der Waals surface area contributed by atoms with Crippen molar-refractivity contribution in [1.29, 1.82) is 0 Å². The summed E-state index contributed by atoms with van der Waals surface area (Å²) >= 11 is 11.1. The van der Waals surface area contributed by atoms with Crippen molar-refractivity contribution in [2.75, 3.05) is 6.61 Å². The highest BCUT2D eigenvalue weighted by Crippen LogP contribution is 2.30. The lowest BCUT2D eigenvalue weighted by molar-refractivity contribution is 0.0415. The fraction of sp³-hybridized carbons (Fsp3) is 0.308. The van der Waals surface area contributed by atoms with Gasteiger partial charge in [0.15, 0.2) is 0 Å². The Kier molecular flexibility index (Phi) is 9.46. The first-order valence-electron chi connectivity index (χ1n) is 11.2. The average molecular weight is 518 g/mol. The molecule has 3 rings (SSSR count). The van der Waals surface area contributed by atoms with Crippen molar-refractivity contribution in [2.45, 2.75) is 33.8 Å². The van der Waals surface area contributed by atoms with Crippen LogP contribution in [0.3, 0.4) is 0 Å². The van der Waals surface area contributed by atoms with Crippen LogP contribution in [0.15, 0.2) is 64.3 Å². The third-order valence-electron chi connectivity index (χ3n) is 5.15. The molecule has 0 radical (unpaired) electrons. The molecule has 0 saturated heterocycles. The Hall–Kier alpha value is -3.16. The van der Waals surface area contributed by atoms with Crippen LogP contribution in [-0.4, -0.2) is 28.7 Å². The number of hydrogen-bond acceptors (Lipinski definition) is 6. The summed E-state index contributed by atoms with van der Waals surface area (Å²) in [6.45, 7) is 8.34. The van der Waals surface area contributed by atoms with E-state index >= 15 is 0 Å². The highest BCUT2D eigenvalue weighted by molar-refractivity contribution is 6.55. The number of hydrogen-bond donors (Lipinski definition) is 0. The summed E-state index contributed by atoms with van der Waals surface area (Å²) in [6.07, 6.45) is 3.22. The lowest BCUT2D eigenvalue weighted by Gasteiger charge is -2.12. The number of benzene rings is 2. The van der Waals surface area contributed by atoms with Gasteiger partial charge < -0.3 is 19.0 Å². The van der Waals surface area contributed by atoms with Crippen molar-refractivity contribution in [1.82, 2.24) is 9.78 Å². The maximum Gasteiger partial charge on any atom is 0.226 e. The fourth-order valence-corrected chi connectivity index (χ4v) is 2.98. The van der Waals surface area contributed by atoms with Crippen LogP contribution in [0.4, 0.5) is 0 Å². The second-order valence-electron chi connectivity index (χ2n) is 8.17. The lowest BCUT2D eigenvalue weighted by Crippen LogP contribution is -2.12. The molecule has 0 saturated carbocycles. The quantitative estimate of drug-likeness (QED) is 0.195. The van der Waals surface area contributed by atoms with Crippen LogP contribution in [0.5, 0.6) is 28.9 Å². The third kappa shape index (κ3) is 7.94. The molecule has 0 aliphatic heterocycles. The largest absolute Gasteiger partial charge is 0.489 e. The monoisotopic (exact) mass is 517 g/mol. The minimum atomic E-state index is 0.0102. The predicted molar refractivity (Wildman–Crippen MR) is 139 cm³/mol. The van der Waals surface area contributed by atoms with Gasteiger partial charge in [-0.1, -0.05) is 42.2 Å². The van der Waals surface area contributed by atoms with Gasteiger partial charge in [-0.05, 0) is 74.4 Å². The van der Waals surface area contributed by atoms with E-state index in [-0.39, 0.29) is 17.2 Å². The Labute approximate surface area is 215 Å². The predicted octanol–water partition coefficient (Wildman–Crippen LogP) is 7.41. The maximum atomic E-state index is 6.10. The number of rotatable bonds is 11. The first-order chi connectivity index (χ1) is 16.7. The minimum Gasteiger partial charge on any atom is -0.489 e. The number of nitrogens with zero attached hydrogens (tertiary/aromatic N) is 3. The van der Waals surface area contributed by atoms with Gasteiger partial charge >= 0.3 is 0 Å². The lowest BCUT2D eigenvalue weighted by atomic mass is 10.1. The average Bonchev–Trinajstić information content (AvgIpc) is 3.08. The minimum absolute atomic E-state index is 0.0102. The van der Waals surface area contributed by atoms with Gasteiger partial charge in [0.2, 0.25) is 5.88 Å². The van der Waals surface area contributed by atoms with Crippen LogP contribution in [0.25, 0.3) is 0 Å². The normalized spacial score (nSPS) is 12.0. The van der Waals surface area contributed by atoms with Crippen LogP contribution in [0.2, 0.25) is 0 Å². The zero-order valence-electron chi connectivity index (χ0n) is 20.4. The number of halogens is 2. The number of aryl methyl sites for hydroxylation is 2. The SMILES string of the molecule is Cc1nn(C)c(Oc2ccc(Oc3ccc(OCC=C(Cl)Cl)cc3)cc2)c1/C=N\OC(C)C(C)C. The molecule has 1 aromatic heterocycles. The van der Waals surface area contributed by atoms with Crippen molar-refractivity contribution in [2.24, 2.45) is 18.1 Å². The first kappa shape index (κ1) is 26.4. The Morgan fingerprint density at radius 3 is 2.03 bits per heavy atom. The summed E-state index contributed by atoms with van der Waals surface area (Å²) in [5.74, 6) is 3.60. The zero-order valence-corrected chi connectivity index (χ0v) is 21.9. The van der Waals surface area contributed by atoms with Gasteiger partial charge in [-0.15, -0.1) is 0 Å². The number of ether oxygens (including phenoxy) is 3. The summed E-state index contributed by atoms with van der Waals surface area (Å²) in [5.41, 5.74) is 1.55. The molecule has 35 heavy (non-hydrogen) atoms. The van der Waals surface area contributed by atoms with Crippen LogP contribution in [0, 0.1) is 12.8 Å². The summed E-state index contributed by atoms with van der Waals surface area (Å²) in [4.78, 5) is 5.52. The third-order valence-corrected chi connectivity index (χ3v) is 5.46. The standard InChI is InChI=1S/C26H29Cl2N3O4/c1-17(2)19(4)35-29-16-24-18(3)30-31(5)26(24)34-23-12-10-22(11-13-23)33-21-8-6-20(7-9-21)32-15-14-25(27)28/h6-14,16-17,19H,15H2,1-5H3/b29-16-. The molecular weight excluding hydrogens is 489 g/mol. The van der Waals surface area contributed by atoms with E-state index in [0.29, 0.717) is 34.8 Å². The number of oxime groups is 1. The van der Waals surface area contributed by atoms with Crippen molar-refractivity contribution in [3.8, 4) is 28.9 Å². The van der Waals surface area contributed by atoms with E-state index in [2.05, 4.69) is 24.1 Å². The molecule has 1 unspecified atom stereocenters. The fourth-order valence-electron chi connectivity index (χ4n) is 2.85. The second kappa shape index (κ2) is 12.5. The van der Waals surface area contributed by atoms with E-state index in [1.807, 2.05) is 69.4 Å². The van der Waals surface area contributed by atoms with E-state index in [4.69, 9.17) is 42.3 Å². The van der Waals surface area contributed by atoms with Gasteiger partial charge in [0.05, 0.1) is 17.5 Å². The number of aromatic nitrogens is 2. The highest BCUT2D eigenvalue weighted by atomic mass is 35.5. The van der Waals surface area contributed by atoms with Crippen molar-refractivity contribution < 1.29 is 19.0 Å². The Morgan fingerprint density at radius 1 is 0.943 bits per heavy atom. The molecule has 3 aromatic rings. The Balaban J connectivity index is 1.63. The molecule has 0 amide bonds. The van der Waals surface area contributed by atoms with Crippen LogP contribution < -0.4 is 14.2 Å². The first-order valence-corrected chi connectivity index (χ1v) is 11.9. The van der Waals surface area contributed by atoms with E-state index in [9.17, 15) is 0 Å². The molecule has 2 aromatic carbocycles. The molecule has 0 aliphatic rings. The van der Waals surface area contributed by atoms with Crippen LogP contribution in [0.1, 0.15) is 32.0 Å². The molecule has 186 valence electrons. The van der Waals surface area contributed by atoms with Gasteiger partial charge in [0, 0.05) is 7.05 Å². The van der Waals surface area contributed by atoms with Gasteiger partial charge in [0.1, 0.15) is 40.2 Å². The molecule has 0 fully saturated rings. The Bertz CT molecular complexity index is 1150. The van der Waals surface area contributed by atoms with Crippen molar-refractivity contribution in [3.63, 3.8) is 0 Å². The van der Waals surface area contributed by atoms with Gasteiger partial charge in [-0.3, -0.25) is 0 Å². The smallest absolute Gasteiger partial charge is 0.226 e. The summed E-state index contributed by atoms with van der Waals surface area (Å²) < 4.78 is 19.4. The summed E-state index contributed by atoms with van der Waals surface area (Å²) in [7, 11) is 1.82. The topological polar surface area (TPSA) is 67.1 Å². The highest BCUT2D eigenvalue weighted by Gasteiger charge is 2.15. The molecule has 0 bridgehead atoms. The Morgan fingerprint density at radius 2 is 1.49 bits per heavy atom. The molecule has 1 atom stereocenters. The summed E-state index contributed by atoms with van der Waals surface area (Å²) in [6, 6.07) is 14.6. The maximum absolute atomic E-state index is 6.10. The molecule has 0 spiro atoms. The molecule has 7 nitrogen and oxygen atoms in total. The molecule has 0 N–H and O–H groups in total. The van der Waals surface area contributed by atoms with E-state index in [1.165, 1.54) is 0 Å². The van der Waals surface area contributed by atoms with Crippen molar-refractivity contribution >= 4 is 29.4 Å². The summed E-state index contributed by atoms with van der Waals surface area (Å²) in [5, 5.41) is 8.57. The van der Waals surface area contributed by atoms with Crippen molar-refractivity contribution in [3.05, 3.63) is 70.4 Å². The van der Waals surface area contributed by atoms with E-state index in [1.54, 1.807) is 17.0 Å².